The second-order valence-corrected chi connectivity index (χ2v) is 5.19. The number of hydrogen-bond acceptors (Lipinski definition) is 2. The molecule has 2 N–H and O–H groups in total. The Bertz CT molecular complexity index is 403. The van der Waals surface area contributed by atoms with Crippen LogP contribution in [0.25, 0.3) is 0 Å². The van der Waals surface area contributed by atoms with Crippen LogP contribution in [-0.2, 0) is 6.42 Å². The Morgan fingerprint density at radius 2 is 1.70 bits per heavy atom. The largest absolute Gasteiger partial charge is 0.573 e. The first-order chi connectivity index (χ1) is 9.28. The van der Waals surface area contributed by atoms with E-state index >= 15 is 0 Å². The van der Waals surface area contributed by atoms with E-state index in [2.05, 4.69) is 11.7 Å². The van der Waals surface area contributed by atoms with Crippen molar-refractivity contribution in [1.29, 1.82) is 0 Å². The average Bonchev–Trinajstić information content (AvgIpc) is 2.37. The SMILES string of the molecule is CCCCC(N)(CC)Cc1ccc(OC(F)(F)F)cc1. The second kappa shape index (κ2) is 6.97. The first kappa shape index (κ1) is 16.8. The minimum Gasteiger partial charge on any atom is -0.406 e. The lowest BCUT2D eigenvalue weighted by molar-refractivity contribution is -0.274. The first-order valence-corrected chi connectivity index (χ1v) is 6.91. The molecular weight excluding hydrogens is 267 g/mol. The molecule has 1 aromatic carbocycles. The van der Waals surface area contributed by atoms with Gasteiger partial charge in [0.2, 0.25) is 0 Å². The lowest BCUT2D eigenvalue weighted by Crippen LogP contribution is -2.41. The van der Waals surface area contributed by atoms with Crippen molar-refractivity contribution in [3.8, 4) is 5.75 Å². The Hall–Kier alpha value is -1.23. The predicted molar refractivity (Wildman–Crippen MR) is 73.6 cm³/mol. The Kier molecular flexibility index (Phi) is 5.87. The van der Waals surface area contributed by atoms with Gasteiger partial charge < -0.3 is 10.5 Å². The Morgan fingerprint density at radius 1 is 1.10 bits per heavy atom. The average molecular weight is 289 g/mol. The van der Waals surface area contributed by atoms with Crippen molar-refractivity contribution in [2.45, 2.75) is 57.9 Å². The Balaban J connectivity index is 2.68. The number of hydrogen-bond donors (Lipinski definition) is 1. The van der Waals surface area contributed by atoms with E-state index in [1.165, 1.54) is 12.1 Å². The molecule has 2 nitrogen and oxygen atoms in total. The normalized spacial score (nSPS) is 14.9. The van der Waals surface area contributed by atoms with E-state index in [0.717, 1.165) is 31.2 Å². The highest BCUT2D eigenvalue weighted by Crippen LogP contribution is 2.25. The molecule has 0 heterocycles. The van der Waals surface area contributed by atoms with Gasteiger partial charge in [-0.05, 0) is 37.0 Å². The lowest BCUT2D eigenvalue weighted by atomic mass is 9.84. The Morgan fingerprint density at radius 3 is 2.15 bits per heavy atom. The fourth-order valence-electron chi connectivity index (χ4n) is 2.13. The molecule has 5 heteroatoms. The molecule has 114 valence electrons. The number of halogens is 3. The predicted octanol–water partition coefficient (Wildman–Crippen LogP) is 4.43. The summed E-state index contributed by atoms with van der Waals surface area (Å²) >= 11 is 0. The summed E-state index contributed by atoms with van der Waals surface area (Å²) in [5, 5.41) is 0. The van der Waals surface area contributed by atoms with E-state index in [9.17, 15) is 13.2 Å². The molecule has 0 amide bonds. The van der Waals surface area contributed by atoms with Crippen LogP contribution in [0.2, 0.25) is 0 Å². The molecule has 1 aromatic rings. The Labute approximate surface area is 118 Å². The lowest BCUT2D eigenvalue weighted by Gasteiger charge is -2.28. The number of nitrogens with two attached hydrogens (primary N) is 1. The zero-order valence-electron chi connectivity index (χ0n) is 12.0. The molecule has 1 atom stereocenters. The van der Waals surface area contributed by atoms with Crippen molar-refractivity contribution in [1.82, 2.24) is 0 Å². The summed E-state index contributed by atoms with van der Waals surface area (Å²) < 4.78 is 40.0. The van der Waals surface area contributed by atoms with E-state index in [0.29, 0.717) is 6.42 Å². The minimum absolute atomic E-state index is 0.200. The van der Waals surface area contributed by atoms with Gasteiger partial charge >= 0.3 is 6.36 Å². The molecule has 0 aliphatic heterocycles. The molecule has 0 saturated carbocycles. The molecule has 20 heavy (non-hydrogen) atoms. The molecule has 1 unspecified atom stereocenters. The van der Waals surface area contributed by atoms with Gasteiger partial charge in [-0.25, -0.2) is 0 Å². The van der Waals surface area contributed by atoms with Gasteiger partial charge in [-0.2, -0.15) is 0 Å². The van der Waals surface area contributed by atoms with E-state index in [1.807, 2.05) is 6.92 Å². The summed E-state index contributed by atoms with van der Waals surface area (Å²) in [6, 6.07) is 5.95. The molecular formula is C15H22F3NO. The van der Waals surface area contributed by atoms with Crippen LogP contribution in [0.4, 0.5) is 13.2 Å². The van der Waals surface area contributed by atoms with Gasteiger partial charge in [-0.15, -0.1) is 13.2 Å². The molecule has 0 aliphatic rings. The fourth-order valence-corrected chi connectivity index (χ4v) is 2.13. The van der Waals surface area contributed by atoms with Crippen LogP contribution in [0.1, 0.15) is 45.1 Å². The van der Waals surface area contributed by atoms with E-state index in [1.54, 1.807) is 12.1 Å². The number of benzene rings is 1. The molecule has 0 aromatic heterocycles. The minimum atomic E-state index is -4.65. The molecule has 0 spiro atoms. The maximum Gasteiger partial charge on any atom is 0.573 e. The van der Waals surface area contributed by atoms with E-state index in [-0.39, 0.29) is 11.3 Å². The summed E-state index contributed by atoms with van der Waals surface area (Å²) in [7, 11) is 0. The summed E-state index contributed by atoms with van der Waals surface area (Å²) in [6.45, 7) is 4.15. The molecule has 0 radical (unpaired) electrons. The van der Waals surface area contributed by atoms with Gasteiger partial charge in [-0.1, -0.05) is 38.8 Å². The van der Waals surface area contributed by atoms with Crippen molar-refractivity contribution < 1.29 is 17.9 Å². The van der Waals surface area contributed by atoms with Crippen molar-refractivity contribution >= 4 is 0 Å². The summed E-state index contributed by atoms with van der Waals surface area (Å²) in [4.78, 5) is 0. The van der Waals surface area contributed by atoms with Gasteiger partial charge in [0, 0.05) is 5.54 Å². The highest BCUT2D eigenvalue weighted by Gasteiger charge is 2.31. The van der Waals surface area contributed by atoms with Gasteiger partial charge in [0.15, 0.2) is 0 Å². The highest BCUT2D eigenvalue weighted by atomic mass is 19.4. The number of unbranched alkanes of at least 4 members (excludes halogenated alkanes) is 1. The van der Waals surface area contributed by atoms with Crippen molar-refractivity contribution in [3.63, 3.8) is 0 Å². The van der Waals surface area contributed by atoms with Crippen LogP contribution >= 0.6 is 0 Å². The molecule has 0 aliphatic carbocycles. The molecule has 1 rings (SSSR count). The van der Waals surface area contributed by atoms with Crippen LogP contribution < -0.4 is 10.5 Å². The third-order valence-electron chi connectivity index (χ3n) is 3.45. The third kappa shape index (κ3) is 5.82. The fraction of sp³-hybridized carbons (Fsp3) is 0.600. The number of alkyl halides is 3. The van der Waals surface area contributed by atoms with E-state index < -0.39 is 6.36 Å². The van der Waals surface area contributed by atoms with Crippen LogP contribution in [0.15, 0.2) is 24.3 Å². The van der Waals surface area contributed by atoms with Gasteiger partial charge in [0.1, 0.15) is 5.75 Å². The molecule has 0 saturated heterocycles. The first-order valence-electron chi connectivity index (χ1n) is 6.91. The second-order valence-electron chi connectivity index (χ2n) is 5.19. The van der Waals surface area contributed by atoms with Crippen molar-refractivity contribution in [3.05, 3.63) is 29.8 Å². The van der Waals surface area contributed by atoms with Crippen molar-refractivity contribution in [2.24, 2.45) is 5.73 Å². The van der Waals surface area contributed by atoms with E-state index in [4.69, 9.17) is 5.73 Å². The van der Waals surface area contributed by atoms with Crippen molar-refractivity contribution in [2.75, 3.05) is 0 Å². The van der Waals surface area contributed by atoms with Gasteiger partial charge in [0.05, 0.1) is 0 Å². The van der Waals surface area contributed by atoms with Crippen LogP contribution in [-0.4, -0.2) is 11.9 Å². The van der Waals surface area contributed by atoms with Gasteiger partial charge in [-0.3, -0.25) is 0 Å². The molecule has 0 bridgehead atoms. The number of rotatable bonds is 7. The van der Waals surface area contributed by atoms with Gasteiger partial charge in [0.25, 0.3) is 0 Å². The standard InChI is InChI=1S/C15H22F3NO/c1-3-5-10-14(19,4-2)11-12-6-8-13(9-7-12)20-15(16,17)18/h6-9H,3-5,10-11,19H2,1-2H3. The topological polar surface area (TPSA) is 35.2 Å². The number of ether oxygens (including phenoxy) is 1. The zero-order valence-corrected chi connectivity index (χ0v) is 12.0. The zero-order chi connectivity index (χ0) is 15.2. The maximum atomic E-state index is 12.1. The molecule has 0 fully saturated rings. The van der Waals surface area contributed by atoms with Crippen LogP contribution in [0.3, 0.4) is 0 Å². The third-order valence-corrected chi connectivity index (χ3v) is 3.45. The smallest absolute Gasteiger partial charge is 0.406 e. The summed E-state index contributed by atoms with van der Waals surface area (Å²) in [5.74, 6) is -0.200. The maximum absolute atomic E-state index is 12.1. The quantitative estimate of drug-likeness (QED) is 0.806. The monoisotopic (exact) mass is 289 g/mol. The summed E-state index contributed by atoms with van der Waals surface area (Å²) in [6.07, 6.45) is -0.0923. The van der Waals surface area contributed by atoms with Crippen LogP contribution in [0, 0.1) is 0 Å². The highest BCUT2D eigenvalue weighted by molar-refractivity contribution is 5.28. The van der Waals surface area contributed by atoms with Crippen LogP contribution in [0.5, 0.6) is 5.75 Å². The summed E-state index contributed by atoms with van der Waals surface area (Å²) in [5.41, 5.74) is 6.99.